The quantitative estimate of drug-likeness (QED) is 0.0282. The number of aliphatic imine (C=N–C) groups is 1. The lowest BCUT2D eigenvalue weighted by Crippen LogP contribution is -2.62. The van der Waals surface area contributed by atoms with Gasteiger partial charge >= 0.3 is 5.97 Å². The molecule has 0 radical (unpaired) electrons. The molecule has 5 aliphatic heterocycles. The predicted molar refractivity (Wildman–Crippen MR) is 384 cm³/mol. The molecular formula is C67H104N18O18S2. The molecule has 5 aliphatic rings. The van der Waals surface area contributed by atoms with Gasteiger partial charge in [0.1, 0.15) is 78.5 Å². The van der Waals surface area contributed by atoms with Crippen LogP contribution in [-0.4, -0.2) is 267 Å². The molecule has 38 heteroatoms. The minimum atomic E-state index is -1.94. The van der Waals surface area contributed by atoms with Gasteiger partial charge in [0.15, 0.2) is 5.96 Å². The highest BCUT2D eigenvalue weighted by atomic mass is 33.1. The number of carboxylic acids is 1. The Bertz CT molecular complexity index is 3300. The molecule has 0 saturated carbocycles. The third-order valence-corrected chi connectivity index (χ3v) is 21.7. The van der Waals surface area contributed by atoms with Gasteiger partial charge in [-0.1, -0.05) is 92.5 Å². The number of hydrogen-bond donors (Lipinski definition) is 17. The molecule has 105 heavy (non-hydrogen) atoms. The van der Waals surface area contributed by atoms with E-state index in [9.17, 15) is 72.9 Å². The Hall–Kier alpha value is -8.88. The van der Waals surface area contributed by atoms with Gasteiger partial charge in [-0.2, -0.15) is 0 Å². The number of carbonyl (C=O) groups is 15. The number of aliphatic hydroxyl groups excluding tert-OH is 2. The SMILES string of the molecule is CCC(C)C1NC(=O)C2CCCN2C(=O)C2CCCN2C(=O)C(C(C)CC)NC(=O)C(CO)NC(=O)C(CCCCN)NC(=O)C(C(C)O)NC(=O)C2CSSCC(NC1=O)C(=O)NC(Cc1ccccc1)C(=O)N1CCCC1C(=O)NC(CC(=O)O)C(=O)NCC(=O)NC(CCCN=C(N)N)C(=O)N2. The number of benzene rings is 1. The molecule has 16 atom stereocenters. The molecule has 5 fully saturated rings. The lowest BCUT2D eigenvalue weighted by atomic mass is 9.96. The normalized spacial score (nSPS) is 28.5. The van der Waals surface area contributed by atoms with E-state index >= 15 is 14.4 Å². The summed E-state index contributed by atoms with van der Waals surface area (Å²) in [5.41, 5.74) is 17.5. The lowest BCUT2D eigenvalue weighted by Gasteiger charge is -2.35. The summed E-state index contributed by atoms with van der Waals surface area (Å²) in [6, 6.07) is -11.5. The maximum absolute atomic E-state index is 15.3. The average Bonchev–Trinajstić information content (AvgIpc) is 1.69. The van der Waals surface area contributed by atoms with E-state index in [-0.39, 0.29) is 103 Å². The van der Waals surface area contributed by atoms with Crippen molar-refractivity contribution >= 4 is 116 Å². The van der Waals surface area contributed by atoms with Crippen LogP contribution in [0.3, 0.4) is 0 Å². The highest BCUT2D eigenvalue weighted by Gasteiger charge is 2.47. The molecule has 2 bridgehead atoms. The number of nitrogens with one attached hydrogen (secondary N) is 11. The number of carbonyl (C=O) groups excluding carboxylic acids is 14. The van der Waals surface area contributed by atoms with Crippen molar-refractivity contribution in [3.05, 3.63) is 35.9 Å². The Morgan fingerprint density at radius 1 is 0.533 bits per heavy atom. The van der Waals surface area contributed by atoms with Gasteiger partial charge in [-0.05, 0) is 101 Å². The van der Waals surface area contributed by atoms with Crippen LogP contribution in [0.2, 0.25) is 0 Å². The Kier molecular flexibility index (Phi) is 33.8. The van der Waals surface area contributed by atoms with Crippen molar-refractivity contribution in [2.45, 2.75) is 216 Å². The monoisotopic (exact) mass is 1510 g/mol. The minimum absolute atomic E-state index is 0.00934. The van der Waals surface area contributed by atoms with Crippen molar-refractivity contribution in [2.24, 2.45) is 34.0 Å². The van der Waals surface area contributed by atoms with Crippen molar-refractivity contribution in [1.82, 2.24) is 73.2 Å². The molecule has 582 valence electrons. The van der Waals surface area contributed by atoms with Crippen molar-refractivity contribution in [1.29, 1.82) is 0 Å². The first-order chi connectivity index (χ1) is 50.0. The fraction of sp³-hybridized carbons (Fsp3) is 0.672. The first kappa shape index (κ1) is 85.1. The number of hydrogen-bond acceptors (Lipinski definition) is 21. The van der Waals surface area contributed by atoms with E-state index in [4.69, 9.17) is 17.2 Å². The molecule has 36 nitrogen and oxygen atoms in total. The minimum Gasteiger partial charge on any atom is -0.481 e. The number of fused-ring (bicyclic) bond motifs is 8. The number of guanidine groups is 1. The van der Waals surface area contributed by atoms with Gasteiger partial charge in [-0.25, -0.2) is 0 Å². The molecule has 1 aromatic carbocycles. The van der Waals surface area contributed by atoms with E-state index in [1.165, 1.54) is 14.7 Å². The summed E-state index contributed by atoms with van der Waals surface area (Å²) in [7, 11) is 1.70. The van der Waals surface area contributed by atoms with E-state index in [1.807, 2.05) is 0 Å². The van der Waals surface area contributed by atoms with Gasteiger partial charge < -0.3 is 106 Å². The summed E-state index contributed by atoms with van der Waals surface area (Å²) in [6.45, 7) is 6.22. The fourth-order valence-electron chi connectivity index (χ4n) is 12.9. The first-order valence-electron chi connectivity index (χ1n) is 35.8. The van der Waals surface area contributed by atoms with E-state index in [2.05, 4.69) is 63.5 Å². The van der Waals surface area contributed by atoms with E-state index < -0.39 is 216 Å². The van der Waals surface area contributed by atoms with Gasteiger partial charge in [-0.3, -0.25) is 76.9 Å². The molecule has 20 N–H and O–H groups in total. The zero-order valence-electron chi connectivity index (χ0n) is 59.9. The molecule has 14 amide bonds. The summed E-state index contributed by atoms with van der Waals surface area (Å²) < 4.78 is 0. The van der Waals surface area contributed by atoms with Crippen molar-refractivity contribution < 1.29 is 87.2 Å². The molecule has 0 aromatic heterocycles. The summed E-state index contributed by atoms with van der Waals surface area (Å²) in [4.78, 5) is 225. The number of amides is 14. The van der Waals surface area contributed by atoms with Crippen LogP contribution in [0.4, 0.5) is 0 Å². The van der Waals surface area contributed by atoms with Gasteiger partial charge in [0, 0.05) is 44.1 Å². The smallest absolute Gasteiger partial charge is 0.305 e. The van der Waals surface area contributed by atoms with E-state index in [0.717, 1.165) is 28.5 Å². The fourth-order valence-corrected chi connectivity index (χ4v) is 15.2. The van der Waals surface area contributed by atoms with E-state index in [1.54, 1.807) is 58.0 Å². The summed E-state index contributed by atoms with van der Waals surface area (Å²) in [6.07, 6.45) is -1.00. The number of nitrogens with zero attached hydrogens (tertiary/aromatic N) is 4. The Morgan fingerprint density at radius 3 is 1.59 bits per heavy atom. The highest BCUT2D eigenvalue weighted by Crippen LogP contribution is 2.29. The van der Waals surface area contributed by atoms with Crippen LogP contribution in [-0.2, 0) is 78.3 Å². The standard InChI is InChI=1S/C67H104N18O18S2/c1-6-35(3)51-62(99)79-44-33-104-105-34-45(78-55(92)39(20-13-25-71-67(69)70)73-49(88)31-72-54(91)41(30-50(89)90)75-60(97)46-21-14-26-83(46)64(101)42(76-58(44)95)29-38-17-9-8-10-18-38)59(96)82-53(37(5)87)63(100)74-40(19-11-12-24-68)56(93)77-43(32-86)57(94)81-52(36(4)7-2)66(103)85-28-16-23-48(85)65(102)84-27-15-22-47(84)61(98)80-51/h8-10,17-18,35-37,39-48,51-53,86-87H,6-7,11-16,19-34,68H2,1-5H3,(H,72,91)(H,73,88)(H,74,100)(H,75,97)(H,76,95)(H,77,93)(H,78,92)(H,79,99)(H,80,98)(H,81,94)(H,82,96)(H,89,90)(H4,69,70,71). The number of aliphatic hydroxyl groups is 2. The first-order valence-corrected chi connectivity index (χ1v) is 38.3. The molecule has 1 aromatic rings. The number of rotatable bonds is 18. The molecule has 0 spiro atoms. The zero-order valence-corrected chi connectivity index (χ0v) is 61.5. The van der Waals surface area contributed by atoms with Crippen molar-refractivity contribution in [2.75, 3.05) is 57.4 Å². The Morgan fingerprint density at radius 2 is 1.01 bits per heavy atom. The summed E-state index contributed by atoms with van der Waals surface area (Å²) in [5.74, 6) is -17.2. The Labute approximate surface area is 616 Å². The number of nitrogens with two attached hydrogens (primary N) is 3. The van der Waals surface area contributed by atoms with Gasteiger partial charge in [0.25, 0.3) is 0 Å². The molecule has 0 aliphatic carbocycles. The maximum atomic E-state index is 15.3. The van der Waals surface area contributed by atoms with Gasteiger partial charge in [0.05, 0.1) is 25.7 Å². The predicted octanol–water partition coefficient (Wildman–Crippen LogP) is -5.30. The van der Waals surface area contributed by atoms with E-state index in [0.29, 0.717) is 31.2 Å². The number of unbranched alkanes of at least 4 members (excludes halogenated alkanes) is 1. The lowest BCUT2D eigenvalue weighted by molar-refractivity contribution is -0.149. The average molecular weight is 1510 g/mol. The molecular weight excluding hydrogens is 1410 g/mol. The molecule has 5 saturated heterocycles. The van der Waals surface area contributed by atoms with Crippen LogP contribution in [0.5, 0.6) is 0 Å². The van der Waals surface area contributed by atoms with Crippen LogP contribution in [0.15, 0.2) is 35.3 Å². The number of aliphatic carboxylic acids is 1. The second-order valence-corrected chi connectivity index (χ2v) is 29.6. The van der Waals surface area contributed by atoms with Crippen LogP contribution in [0, 0.1) is 11.8 Å². The van der Waals surface area contributed by atoms with Crippen molar-refractivity contribution in [3.8, 4) is 0 Å². The Balaban J connectivity index is 1.50. The third kappa shape index (κ3) is 24.6. The number of carboxylic acid groups (broad SMARTS) is 1. The highest BCUT2D eigenvalue weighted by molar-refractivity contribution is 8.76. The van der Waals surface area contributed by atoms with Crippen LogP contribution in [0.25, 0.3) is 0 Å². The second-order valence-electron chi connectivity index (χ2n) is 27.0. The zero-order chi connectivity index (χ0) is 77.2. The maximum Gasteiger partial charge on any atom is 0.305 e. The van der Waals surface area contributed by atoms with Gasteiger partial charge in [-0.15, -0.1) is 0 Å². The molecule has 16 unspecified atom stereocenters. The molecule has 5 heterocycles. The topological polar surface area (TPSA) is 549 Å². The molecule has 6 rings (SSSR count). The summed E-state index contributed by atoms with van der Waals surface area (Å²) >= 11 is 0. The van der Waals surface area contributed by atoms with Crippen LogP contribution in [0.1, 0.15) is 130 Å². The van der Waals surface area contributed by atoms with Crippen molar-refractivity contribution in [3.63, 3.8) is 0 Å². The van der Waals surface area contributed by atoms with Crippen LogP contribution < -0.4 is 75.7 Å². The van der Waals surface area contributed by atoms with Gasteiger partial charge in [0.2, 0.25) is 82.7 Å². The largest absolute Gasteiger partial charge is 0.481 e. The second kappa shape index (κ2) is 41.7. The van der Waals surface area contributed by atoms with Crippen LogP contribution >= 0.6 is 21.6 Å². The summed E-state index contributed by atoms with van der Waals surface area (Å²) in [5, 5.41) is 60.1. The third-order valence-electron chi connectivity index (χ3n) is 19.3.